The van der Waals surface area contributed by atoms with Gasteiger partial charge in [-0.05, 0) is 42.1 Å². The monoisotopic (exact) mass is 334 g/mol. The minimum Gasteiger partial charge on any atom is -0.105 e. The third kappa shape index (κ3) is 9.51. The summed E-state index contributed by atoms with van der Waals surface area (Å²) in [5, 5.41) is 1.43. The molecule has 1 rings (SSSR count). The lowest BCUT2D eigenvalue weighted by molar-refractivity contribution is 0.599. The Morgan fingerprint density at radius 3 is 1.78 bits per heavy atom. The van der Waals surface area contributed by atoms with Crippen molar-refractivity contribution in [2.24, 2.45) is 0 Å². The van der Waals surface area contributed by atoms with Gasteiger partial charge in [-0.15, -0.1) is 9.24 Å². The van der Waals surface area contributed by atoms with Crippen molar-refractivity contribution in [2.75, 3.05) is 0 Å². The Bertz CT molecular complexity index is 397. The number of unbranched alkanes of at least 4 members (excludes halogenated alkanes) is 10. The van der Waals surface area contributed by atoms with Crippen molar-refractivity contribution in [1.82, 2.24) is 0 Å². The highest BCUT2D eigenvalue weighted by atomic mass is 31.0. The number of hydrogen-bond acceptors (Lipinski definition) is 0. The molecule has 132 valence electrons. The lowest BCUT2D eigenvalue weighted by Crippen LogP contribution is -2.07. The van der Waals surface area contributed by atoms with Gasteiger partial charge in [0, 0.05) is 0 Å². The SMILES string of the molecule is CCCCCCCCc1cccc(P)c1CCCCCCCC. The summed E-state index contributed by atoms with van der Waals surface area (Å²) in [6.45, 7) is 4.58. The van der Waals surface area contributed by atoms with Crippen LogP contribution in [-0.4, -0.2) is 0 Å². The van der Waals surface area contributed by atoms with Crippen molar-refractivity contribution in [3.8, 4) is 0 Å². The van der Waals surface area contributed by atoms with Crippen LogP contribution in [0, 0.1) is 0 Å². The van der Waals surface area contributed by atoms with Crippen LogP contribution in [-0.2, 0) is 12.8 Å². The number of rotatable bonds is 14. The highest BCUT2D eigenvalue weighted by Crippen LogP contribution is 2.17. The molecule has 0 bridgehead atoms. The van der Waals surface area contributed by atoms with E-state index in [9.17, 15) is 0 Å². The summed E-state index contributed by atoms with van der Waals surface area (Å²) in [7, 11) is 2.96. The lowest BCUT2D eigenvalue weighted by Gasteiger charge is -2.13. The van der Waals surface area contributed by atoms with Gasteiger partial charge < -0.3 is 0 Å². The van der Waals surface area contributed by atoms with Gasteiger partial charge in [0.2, 0.25) is 0 Å². The molecule has 1 aromatic rings. The Labute approximate surface area is 148 Å². The molecule has 0 aromatic heterocycles. The fourth-order valence-electron chi connectivity index (χ4n) is 3.37. The number of aryl methyl sites for hydroxylation is 1. The van der Waals surface area contributed by atoms with E-state index >= 15 is 0 Å². The molecule has 0 aliphatic rings. The predicted octanol–water partition coefficient (Wildman–Crippen LogP) is 6.99. The minimum absolute atomic E-state index is 1.27. The van der Waals surface area contributed by atoms with E-state index in [2.05, 4.69) is 41.3 Å². The first-order valence-electron chi connectivity index (χ1n) is 10.2. The maximum atomic E-state index is 2.96. The van der Waals surface area contributed by atoms with Gasteiger partial charge in [0.15, 0.2) is 0 Å². The molecular weight excluding hydrogens is 295 g/mol. The summed E-state index contributed by atoms with van der Waals surface area (Å²) in [4.78, 5) is 0. The van der Waals surface area contributed by atoms with Crippen LogP contribution in [0.15, 0.2) is 18.2 Å². The molecule has 0 spiro atoms. The Kier molecular flexibility index (Phi) is 12.6. The first-order chi connectivity index (χ1) is 11.3. The molecule has 0 N–H and O–H groups in total. The molecule has 0 heterocycles. The quantitative estimate of drug-likeness (QED) is 0.254. The topological polar surface area (TPSA) is 0 Å². The van der Waals surface area contributed by atoms with Gasteiger partial charge in [-0.3, -0.25) is 0 Å². The second kappa shape index (κ2) is 14.0. The van der Waals surface area contributed by atoms with E-state index in [4.69, 9.17) is 0 Å². The third-order valence-corrected chi connectivity index (χ3v) is 5.43. The molecule has 0 fully saturated rings. The molecule has 0 radical (unpaired) electrons. The maximum absolute atomic E-state index is 2.96. The molecule has 1 unspecified atom stereocenters. The van der Waals surface area contributed by atoms with Crippen molar-refractivity contribution in [3.05, 3.63) is 29.3 Å². The Morgan fingerprint density at radius 1 is 0.652 bits per heavy atom. The van der Waals surface area contributed by atoms with Gasteiger partial charge in [-0.2, -0.15) is 0 Å². The van der Waals surface area contributed by atoms with E-state index in [1.54, 1.807) is 11.1 Å². The zero-order valence-corrected chi connectivity index (χ0v) is 16.9. The average Bonchev–Trinajstić information content (AvgIpc) is 2.56. The smallest absolute Gasteiger partial charge is 0.0268 e. The minimum atomic E-state index is 1.27. The van der Waals surface area contributed by atoms with Crippen molar-refractivity contribution < 1.29 is 0 Å². The van der Waals surface area contributed by atoms with Gasteiger partial charge in [0.05, 0.1) is 0 Å². The van der Waals surface area contributed by atoms with Crippen LogP contribution >= 0.6 is 9.24 Å². The van der Waals surface area contributed by atoms with Crippen molar-refractivity contribution in [2.45, 2.75) is 104 Å². The summed E-state index contributed by atoms with van der Waals surface area (Å²) in [5.74, 6) is 0. The summed E-state index contributed by atoms with van der Waals surface area (Å²) in [5.41, 5.74) is 3.24. The van der Waals surface area contributed by atoms with Gasteiger partial charge >= 0.3 is 0 Å². The highest BCUT2D eigenvalue weighted by Gasteiger charge is 2.05. The van der Waals surface area contributed by atoms with Gasteiger partial charge in [0.25, 0.3) is 0 Å². The zero-order valence-electron chi connectivity index (χ0n) is 15.7. The first-order valence-corrected chi connectivity index (χ1v) is 10.7. The van der Waals surface area contributed by atoms with Crippen molar-refractivity contribution >= 4 is 14.5 Å². The zero-order chi connectivity index (χ0) is 16.8. The van der Waals surface area contributed by atoms with Crippen LogP contribution in [0.25, 0.3) is 0 Å². The lowest BCUT2D eigenvalue weighted by atomic mass is 9.96. The molecule has 1 aromatic carbocycles. The van der Waals surface area contributed by atoms with Crippen LogP contribution in [0.2, 0.25) is 0 Å². The molecule has 0 saturated heterocycles. The molecule has 23 heavy (non-hydrogen) atoms. The van der Waals surface area contributed by atoms with Crippen molar-refractivity contribution in [1.29, 1.82) is 0 Å². The predicted molar refractivity (Wildman–Crippen MR) is 110 cm³/mol. The molecule has 0 amide bonds. The fourth-order valence-corrected chi connectivity index (χ4v) is 3.81. The van der Waals surface area contributed by atoms with Crippen LogP contribution in [0.3, 0.4) is 0 Å². The fraction of sp³-hybridized carbons (Fsp3) is 0.727. The molecule has 0 aliphatic carbocycles. The third-order valence-electron chi connectivity index (χ3n) is 4.89. The van der Waals surface area contributed by atoms with Crippen LogP contribution in [0.4, 0.5) is 0 Å². The van der Waals surface area contributed by atoms with Crippen LogP contribution < -0.4 is 5.30 Å². The van der Waals surface area contributed by atoms with E-state index in [-0.39, 0.29) is 0 Å². The summed E-state index contributed by atoms with van der Waals surface area (Å²) < 4.78 is 0. The second-order valence-corrected chi connectivity index (χ2v) is 7.64. The largest absolute Gasteiger partial charge is 0.105 e. The first kappa shape index (κ1) is 20.7. The number of benzene rings is 1. The van der Waals surface area contributed by atoms with Gasteiger partial charge in [-0.25, -0.2) is 0 Å². The van der Waals surface area contributed by atoms with E-state index in [1.165, 1.54) is 95.2 Å². The molecular formula is C22H39P. The average molecular weight is 335 g/mol. The Balaban J connectivity index is 2.33. The van der Waals surface area contributed by atoms with Crippen molar-refractivity contribution in [3.63, 3.8) is 0 Å². The molecule has 1 atom stereocenters. The van der Waals surface area contributed by atoms with Crippen LogP contribution in [0.1, 0.15) is 102 Å². The van der Waals surface area contributed by atoms with Crippen LogP contribution in [0.5, 0.6) is 0 Å². The summed E-state index contributed by atoms with van der Waals surface area (Å²) in [6.07, 6.45) is 19.3. The van der Waals surface area contributed by atoms with E-state index < -0.39 is 0 Å². The normalized spacial score (nSPS) is 11.1. The number of hydrogen-bond donors (Lipinski definition) is 0. The van der Waals surface area contributed by atoms with E-state index in [0.29, 0.717) is 0 Å². The van der Waals surface area contributed by atoms with E-state index in [0.717, 1.165) is 0 Å². The standard InChI is InChI=1S/C22H39P/c1-3-5-7-9-11-13-16-20-17-15-19-22(23)21(20)18-14-12-10-8-6-4-2/h15,17,19H,3-14,16,18,23H2,1-2H3. The molecule has 0 aliphatic heterocycles. The Hall–Kier alpha value is -0.350. The second-order valence-electron chi connectivity index (χ2n) is 7.02. The molecule has 0 nitrogen and oxygen atoms in total. The Morgan fingerprint density at radius 2 is 1.17 bits per heavy atom. The highest BCUT2D eigenvalue weighted by molar-refractivity contribution is 7.27. The molecule has 0 saturated carbocycles. The summed E-state index contributed by atoms with van der Waals surface area (Å²) in [6, 6.07) is 6.87. The molecule has 1 heteroatoms. The van der Waals surface area contributed by atoms with E-state index in [1.807, 2.05) is 0 Å². The maximum Gasteiger partial charge on any atom is -0.0268 e. The van der Waals surface area contributed by atoms with Gasteiger partial charge in [-0.1, -0.05) is 96.3 Å². The summed E-state index contributed by atoms with van der Waals surface area (Å²) >= 11 is 0. The van der Waals surface area contributed by atoms with Gasteiger partial charge in [0.1, 0.15) is 0 Å².